The Labute approximate surface area is 122 Å². The van der Waals surface area contributed by atoms with Gasteiger partial charge in [0.15, 0.2) is 0 Å². The molecule has 4 rings (SSSR count). The van der Waals surface area contributed by atoms with Crippen molar-refractivity contribution >= 4 is 10.8 Å². The Kier molecular flexibility index (Phi) is 2.94. The fourth-order valence-corrected chi connectivity index (χ4v) is 2.76. The summed E-state index contributed by atoms with van der Waals surface area (Å²) < 4.78 is 13.6. The molecular formula is C16H15N3O2. The molecule has 0 atom stereocenters. The van der Waals surface area contributed by atoms with Gasteiger partial charge in [0.2, 0.25) is 5.79 Å². The van der Waals surface area contributed by atoms with E-state index >= 15 is 0 Å². The molecule has 1 saturated heterocycles. The Bertz CT molecular complexity index is 749. The van der Waals surface area contributed by atoms with E-state index in [2.05, 4.69) is 40.4 Å². The summed E-state index contributed by atoms with van der Waals surface area (Å²) in [5.74, 6) is -0.780. The Morgan fingerprint density at radius 2 is 1.86 bits per heavy atom. The molecule has 5 heteroatoms. The first-order valence-corrected chi connectivity index (χ1v) is 6.95. The molecule has 1 aliphatic rings. The normalized spacial score (nSPS) is 17.3. The van der Waals surface area contributed by atoms with E-state index in [1.165, 1.54) is 17.1 Å². The topological polar surface area (TPSA) is 49.2 Å². The van der Waals surface area contributed by atoms with Crippen molar-refractivity contribution in [3.63, 3.8) is 0 Å². The standard InChI is InChI=1S/C16H15N3O2/c1-2-4-14-9-15(6-5-13(14)3-1)16(20-7-8-21-16)10-19-12-17-11-18-19/h1-6,9,11-12H,7-8,10H2. The van der Waals surface area contributed by atoms with E-state index in [0.717, 1.165) is 5.56 Å². The maximum absolute atomic E-state index is 5.94. The molecule has 21 heavy (non-hydrogen) atoms. The Morgan fingerprint density at radius 3 is 2.62 bits per heavy atom. The summed E-state index contributed by atoms with van der Waals surface area (Å²) in [6.45, 7) is 1.66. The van der Waals surface area contributed by atoms with Gasteiger partial charge in [-0.3, -0.25) is 0 Å². The zero-order chi connectivity index (χ0) is 14.1. The number of hydrogen-bond donors (Lipinski definition) is 0. The molecule has 1 fully saturated rings. The van der Waals surface area contributed by atoms with Crippen LogP contribution in [0.2, 0.25) is 0 Å². The molecular weight excluding hydrogens is 266 g/mol. The highest BCUT2D eigenvalue weighted by molar-refractivity contribution is 5.83. The first kappa shape index (κ1) is 12.5. The molecule has 106 valence electrons. The van der Waals surface area contributed by atoms with Crippen LogP contribution in [0.15, 0.2) is 55.1 Å². The van der Waals surface area contributed by atoms with Gasteiger partial charge in [-0.2, -0.15) is 5.10 Å². The van der Waals surface area contributed by atoms with E-state index in [9.17, 15) is 0 Å². The van der Waals surface area contributed by atoms with E-state index in [4.69, 9.17) is 9.47 Å². The second-order valence-electron chi connectivity index (χ2n) is 5.10. The van der Waals surface area contributed by atoms with E-state index in [-0.39, 0.29) is 0 Å². The van der Waals surface area contributed by atoms with Crippen LogP contribution < -0.4 is 0 Å². The average Bonchev–Trinajstić information content (AvgIpc) is 3.20. The molecule has 1 aliphatic heterocycles. The van der Waals surface area contributed by atoms with E-state index in [0.29, 0.717) is 19.8 Å². The van der Waals surface area contributed by atoms with Crippen molar-refractivity contribution in [2.45, 2.75) is 12.3 Å². The van der Waals surface area contributed by atoms with E-state index < -0.39 is 5.79 Å². The zero-order valence-electron chi connectivity index (χ0n) is 11.5. The van der Waals surface area contributed by atoms with Crippen molar-refractivity contribution in [2.75, 3.05) is 13.2 Å². The van der Waals surface area contributed by atoms with Gasteiger partial charge in [0, 0.05) is 5.56 Å². The van der Waals surface area contributed by atoms with Gasteiger partial charge in [-0.25, -0.2) is 9.67 Å². The smallest absolute Gasteiger partial charge is 0.215 e. The van der Waals surface area contributed by atoms with Gasteiger partial charge >= 0.3 is 0 Å². The van der Waals surface area contributed by atoms with Crippen molar-refractivity contribution < 1.29 is 9.47 Å². The van der Waals surface area contributed by atoms with E-state index in [1.807, 2.05) is 12.1 Å². The minimum absolute atomic E-state index is 0.491. The number of fused-ring (bicyclic) bond motifs is 1. The summed E-state index contributed by atoms with van der Waals surface area (Å²) in [7, 11) is 0. The maximum atomic E-state index is 5.94. The fraction of sp³-hybridized carbons (Fsp3) is 0.250. The quantitative estimate of drug-likeness (QED) is 0.739. The Morgan fingerprint density at radius 1 is 1.05 bits per heavy atom. The number of ether oxygens (including phenoxy) is 2. The summed E-state index contributed by atoms with van der Waals surface area (Å²) >= 11 is 0. The highest BCUT2D eigenvalue weighted by Gasteiger charge is 2.39. The molecule has 0 N–H and O–H groups in total. The fourth-order valence-electron chi connectivity index (χ4n) is 2.76. The van der Waals surface area contributed by atoms with Crippen molar-refractivity contribution in [3.05, 3.63) is 60.7 Å². The molecule has 0 unspecified atom stereocenters. The highest BCUT2D eigenvalue weighted by atomic mass is 16.7. The molecule has 2 aromatic carbocycles. The van der Waals surface area contributed by atoms with Crippen LogP contribution >= 0.6 is 0 Å². The molecule has 0 amide bonds. The van der Waals surface area contributed by atoms with Crippen molar-refractivity contribution in [1.29, 1.82) is 0 Å². The predicted octanol–water partition coefficient (Wildman–Crippen LogP) is 2.33. The van der Waals surface area contributed by atoms with Crippen LogP contribution in [0.1, 0.15) is 5.56 Å². The monoisotopic (exact) mass is 281 g/mol. The third-order valence-corrected chi connectivity index (χ3v) is 3.78. The van der Waals surface area contributed by atoms with Crippen LogP contribution in [-0.4, -0.2) is 28.0 Å². The number of nitrogens with zero attached hydrogens (tertiary/aromatic N) is 3. The lowest BCUT2D eigenvalue weighted by atomic mass is 10.0. The molecule has 0 spiro atoms. The number of benzene rings is 2. The minimum Gasteiger partial charge on any atom is -0.342 e. The summed E-state index contributed by atoms with van der Waals surface area (Å²) in [6, 6.07) is 14.5. The number of hydrogen-bond acceptors (Lipinski definition) is 4. The lowest BCUT2D eigenvalue weighted by Crippen LogP contribution is -2.33. The molecule has 0 aliphatic carbocycles. The summed E-state index contributed by atoms with van der Waals surface area (Å²) in [6.07, 6.45) is 3.19. The van der Waals surface area contributed by atoms with Crippen molar-refractivity contribution in [2.24, 2.45) is 0 Å². The molecule has 0 radical (unpaired) electrons. The van der Waals surface area contributed by atoms with E-state index in [1.54, 1.807) is 11.0 Å². The first-order valence-electron chi connectivity index (χ1n) is 6.95. The second kappa shape index (κ2) is 4.95. The van der Waals surface area contributed by atoms with Crippen LogP contribution in [0, 0.1) is 0 Å². The largest absolute Gasteiger partial charge is 0.342 e. The van der Waals surface area contributed by atoms with Crippen LogP contribution in [0.4, 0.5) is 0 Å². The number of rotatable bonds is 3. The minimum atomic E-state index is -0.780. The van der Waals surface area contributed by atoms with Crippen LogP contribution in [0.5, 0.6) is 0 Å². The van der Waals surface area contributed by atoms with Gasteiger partial charge in [-0.15, -0.1) is 0 Å². The molecule has 1 aromatic heterocycles. The highest BCUT2D eigenvalue weighted by Crippen LogP contribution is 2.34. The molecule has 2 heterocycles. The third kappa shape index (κ3) is 2.20. The average molecular weight is 281 g/mol. The lowest BCUT2D eigenvalue weighted by molar-refractivity contribution is -0.177. The first-order chi connectivity index (χ1) is 10.4. The Hall–Kier alpha value is -2.24. The van der Waals surface area contributed by atoms with Crippen LogP contribution in [0.3, 0.4) is 0 Å². The van der Waals surface area contributed by atoms with Gasteiger partial charge in [0.1, 0.15) is 19.2 Å². The van der Waals surface area contributed by atoms with Crippen molar-refractivity contribution in [1.82, 2.24) is 14.8 Å². The third-order valence-electron chi connectivity index (χ3n) is 3.78. The van der Waals surface area contributed by atoms with Crippen LogP contribution in [-0.2, 0) is 21.8 Å². The number of aromatic nitrogens is 3. The molecule has 0 saturated carbocycles. The summed E-state index contributed by atoms with van der Waals surface area (Å²) in [5, 5.41) is 6.54. The molecule has 5 nitrogen and oxygen atoms in total. The maximum Gasteiger partial charge on any atom is 0.215 e. The SMILES string of the molecule is c1ccc2cc(C3(Cn4cncn4)OCCO3)ccc2c1. The molecule has 3 aromatic rings. The summed E-state index contributed by atoms with van der Waals surface area (Å²) in [4.78, 5) is 3.98. The van der Waals surface area contributed by atoms with Gasteiger partial charge in [-0.05, 0) is 16.8 Å². The van der Waals surface area contributed by atoms with Gasteiger partial charge in [0.25, 0.3) is 0 Å². The van der Waals surface area contributed by atoms with Gasteiger partial charge in [-0.1, -0.05) is 36.4 Å². The van der Waals surface area contributed by atoms with Crippen molar-refractivity contribution in [3.8, 4) is 0 Å². The Balaban J connectivity index is 1.78. The zero-order valence-corrected chi connectivity index (χ0v) is 11.5. The molecule has 0 bridgehead atoms. The lowest BCUT2D eigenvalue weighted by Gasteiger charge is -2.27. The second-order valence-corrected chi connectivity index (χ2v) is 5.10. The summed E-state index contributed by atoms with van der Waals surface area (Å²) in [5.41, 5.74) is 1.01. The van der Waals surface area contributed by atoms with Crippen LogP contribution in [0.25, 0.3) is 10.8 Å². The van der Waals surface area contributed by atoms with Gasteiger partial charge < -0.3 is 9.47 Å². The predicted molar refractivity (Wildman–Crippen MR) is 77.6 cm³/mol. The van der Waals surface area contributed by atoms with Gasteiger partial charge in [0.05, 0.1) is 13.2 Å².